The molecule has 6 nitrogen and oxygen atoms in total. The maximum absolute atomic E-state index is 11.8. The lowest BCUT2D eigenvalue weighted by Gasteiger charge is -2.31. The minimum atomic E-state index is -0.0826. The highest BCUT2D eigenvalue weighted by Crippen LogP contribution is 2.23. The number of hydrogen-bond acceptors (Lipinski definition) is 6. The van der Waals surface area contributed by atoms with E-state index in [9.17, 15) is 4.79 Å². The van der Waals surface area contributed by atoms with Gasteiger partial charge in [-0.1, -0.05) is 0 Å². The molecule has 1 aliphatic heterocycles. The second-order valence-corrected chi connectivity index (χ2v) is 5.60. The molecule has 0 atom stereocenters. The summed E-state index contributed by atoms with van der Waals surface area (Å²) in [5.74, 6) is 0.782. The smallest absolute Gasteiger partial charge is 0.309 e. The summed E-state index contributed by atoms with van der Waals surface area (Å²) in [6.07, 6.45) is 4.82. The van der Waals surface area contributed by atoms with Crippen LogP contribution in [0.2, 0.25) is 0 Å². The lowest BCUT2D eigenvalue weighted by molar-refractivity contribution is -0.148. The number of aryl methyl sites for hydroxylation is 2. The molecule has 0 saturated carbocycles. The van der Waals surface area contributed by atoms with Crippen molar-refractivity contribution < 1.29 is 14.6 Å². The molecule has 2 rings (SSSR count). The van der Waals surface area contributed by atoms with Crippen LogP contribution in [-0.2, 0) is 16.0 Å². The predicted molar refractivity (Wildman–Crippen MR) is 83.7 cm³/mol. The van der Waals surface area contributed by atoms with Crippen molar-refractivity contribution in [3.05, 3.63) is 17.6 Å². The molecule has 0 unspecified atom stereocenters. The van der Waals surface area contributed by atoms with Crippen LogP contribution >= 0.6 is 0 Å². The number of aliphatic hydroxyl groups is 1. The van der Waals surface area contributed by atoms with E-state index in [0.29, 0.717) is 13.0 Å². The van der Waals surface area contributed by atoms with Crippen LogP contribution in [0.4, 0.5) is 5.82 Å². The standard InChI is InChI=1S/C16H25N3O3/c1-3-22-16(21)13-6-8-19(9-7-13)15-11-17-12(2)14(18-15)5-4-10-20/h11,13,20H,3-10H2,1-2H3. The van der Waals surface area contributed by atoms with E-state index in [1.807, 2.05) is 13.8 Å². The molecule has 1 aromatic rings. The van der Waals surface area contributed by atoms with Crippen molar-refractivity contribution >= 4 is 11.8 Å². The number of carbonyl (C=O) groups excluding carboxylic acids is 1. The molecule has 0 spiro atoms. The van der Waals surface area contributed by atoms with Gasteiger partial charge in [0.15, 0.2) is 0 Å². The van der Waals surface area contributed by atoms with E-state index >= 15 is 0 Å². The Morgan fingerprint density at radius 3 is 2.82 bits per heavy atom. The molecule has 1 saturated heterocycles. The first-order chi connectivity index (χ1) is 10.7. The van der Waals surface area contributed by atoms with Crippen LogP contribution in [0.5, 0.6) is 0 Å². The molecule has 6 heteroatoms. The van der Waals surface area contributed by atoms with Crippen LogP contribution in [0.15, 0.2) is 6.20 Å². The molecule has 0 aromatic carbocycles. The van der Waals surface area contributed by atoms with Gasteiger partial charge in [0.05, 0.1) is 30.1 Å². The van der Waals surface area contributed by atoms with E-state index < -0.39 is 0 Å². The number of nitrogens with zero attached hydrogens (tertiary/aromatic N) is 3. The van der Waals surface area contributed by atoms with Gasteiger partial charge in [0, 0.05) is 19.7 Å². The first-order valence-electron chi connectivity index (χ1n) is 8.00. The van der Waals surface area contributed by atoms with E-state index in [4.69, 9.17) is 9.84 Å². The van der Waals surface area contributed by atoms with E-state index in [1.54, 1.807) is 6.20 Å². The fraction of sp³-hybridized carbons (Fsp3) is 0.688. The van der Waals surface area contributed by atoms with Crippen molar-refractivity contribution in [2.24, 2.45) is 5.92 Å². The zero-order valence-corrected chi connectivity index (χ0v) is 13.4. The third-order valence-electron chi connectivity index (χ3n) is 4.05. The van der Waals surface area contributed by atoms with Gasteiger partial charge in [0.2, 0.25) is 0 Å². The molecule has 1 N–H and O–H groups in total. The van der Waals surface area contributed by atoms with Crippen LogP contribution in [0, 0.1) is 12.8 Å². The van der Waals surface area contributed by atoms with Crippen LogP contribution in [0.3, 0.4) is 0 Å². The zero-order valence-electron chi connectivity index (χ0n) is 13.4. The van der Waals surface area contributed by atoms with Crippen molar-refractivity contribution in [2.75, 3.05) is 31.2 Å². The second-order valence-electron chi connectivity index (χ2n) is 5.60. The Morgan fingerprint density at radius 1 is 1.45 bits per heavy atom. The highest BCUT2D eigenvalue weighted by molar-refractivity contribution is 5.72. The molecule has 1 aliphatic rings. The van der Waals surface area contributed by atoms with Crippen molar-refractivity contribution in [1.29, 1.82) is 0 Å². The number of hydrogen-bond donors (Lipinski definition) is 1. The Kier molecular flexibility index (Phi) is 6.12. The van der Waals surface area contributed by atoms with Crippen LogP contribution < -0.4 is 4.90 Å². The molecular weight excluding hydrogens is 282 g/mol. The fourth-order valence-electron chi connectivity index (χ4n) is 2.72. The number of aliphatic hydroxyl groups excluding tert-OH is 1. The minimum absolute atomic E-state index is 0.00321. The number of carbonyl (C=O) groups is 1. The molecular formula is C16H25N3O3. The lowest BCUT2D eigenvalue weighted by Crippen LogP contribution is -2.37. The van der Waals surface area contributed by atoms with E-state index in [0.717, 1.165) is 49.6 Å². The molecule has 22 heavy (non-hydrogen) atoms. The summed E-state index contributed by atoms with van der Waals surface area (Å²) < 4.78 is 5.09. The van der Waals surface area contributed by atoms with E-state index in [1.165, 1.54) is 0 Å². The van der Waals surface area contributed by atoms with Gasteiger partial charge >= 0.3 is 5.97 Å². The van der Waals surface area contributed by atoms with Crippen molar-refractivity contribution in [3.63, 3.8) is 0 Å². The van der Waals surface area contributed by atoms with Gasteiger partial charge in [-0.15, -0.1) is 0 Å². The third-order valence-corrected chi connectivity index (χ3v) is 4.05. The summed E-state index contributed by atoms with van der Waals surface area (Å²) >= 11 is 0. The number of rotatable bonds is 6. The molecule has 1 fully saturated rings. The molecule has 2 heterocycles. The molecule has 0 radical (unpaired) electrons. The normalized spacial score (nSPS) is 15.9. The largest absolute Gasteiger partial charge is 0.466 e. The van der Waals surface area contributed by atoms with Gasteiger partial charge in [0.25, 0.3) is 0 Å². The number of aromatic nitrogens is 2. The molecule has 1 aromatic heterocycles. The number of anilines is 1. The number of piperidine rings is 1. The van der Waals surface area contributed by atoms with Crippen molar-refractivity contribution in [2.45, 2.75) is 39.5 Å². The summed E-state index contributed by atoms with van der Waals surface area (Å²) in [5.41, 5.74) is 1.86. The highest BCUT2D eigenvalue weighted by Gasteiger charge is 2.26. The summed E-state index contributed by atoms with van der Waals surface area (Å²) in [6, 6.07) is 0. The van der Waals surface area contributed by atoms with E-state index in [2.05, 4.69) is 14.9 Å². The highest BCUT2D eigenvalue weighted by atomic mass is 16.5. The van der Waals surface area contributed by atoms with Crippen molar-refractivity contribution in [1.82, 2.24) is 9.97 Å². The third kappa shape index (κ3) is 4.16. The maximum atomic E-state index is 11.8. The number of esters is 1. The monoisotopic (exact) mass is 307 g/mol. The number of ether oxygens (including phenoxy) is 1. The van der Waals surface area contributed by atoms with Crippen LogP contribution in [0.1, 0.15) is 37.6 Å². The molecule has 0 amide bonds. The SMILES string of the molecule is CCOC(=O)C1CCN(c2cnc(C)c(CCCO)n2)CC1. The Balaban J connectivity index is 1.97. The summed E-state index contributed by atoms with van der Waals surface area (Å²) in [7, 11) is 0. The Hall–Kier alpha value is -1.69. The molecule has 122 valence electrons. The first-order valence-corrected chi connectivity index (χ1v) is 8.00. The fourth-order valence-corrected chi connectivity index (χ4v) is 2.72. The van der Waals surface area contributed by atoms with Gasteiger partial charge in [-0.3, -0.25) is 9.78 Å². The maximum Gasteiger partial charge on any atom is 0.309 e. The van der Waals surface area contributed by atoms with Gasteiger partial charge in [-0.25, -0.2) is 4.98 Å². The predicted octanol–water partition coefficient (Wildman–Crippen LogP) is 1.49. The van der Waals surface area contributed by atoms with Gasteiger partial charge < -0.3 is 14.7 Å². The van der Waals surface area contributed by atoms with Crippen LogP contribution in [-0.4, -0.2) is 47.3 Å². The van der Waals surface area contributed by atoms with Gasteiger partial charge in [-0.2, -0.15) is 0 Å². The van der Waals surface area contributed by atoms with E-state index in [-0.39, 0.29) is 18.5 Å². The Morgan fingerprint density at radius 2 is 2.18 bits per heavy atom. The average Bonchev–Trinajstić information content (AvgIpc) is 2.54. The quantitative estimate of drug-likeness (QED) is 0.803. The van der Waals surface area contributed by atoms with Crippen molar-refractivity contribution in [3.8, 4) is 0 Å². The van der Waals surface area contributed by atoms with Gasteiger partial charge in [0.1, 0.15) is 5.82 Å². The Bertz CT molecular complexity index is 499. The molecule has 0 aliphatic carbocycles. The summed E-state index contributed by atoms with van der Waals surface area (Å²) in [5, 5.41) is 8.96. The zero-order chi connectivity index (χ0) is 15.9. The average molecular weight is 307 g/mol. The summed E-state index contributed by atoms with van der Waals surface area (Å²) in [6.45, 7) is 5.97. The minimum Gasteiger partial charge on any atom is -0.466 e. The Labute approximate surface area is 131 Å². The molecule has 0 bridgehead atoms. The van der Waals surface area contributed by atoms with Gasteiger partial charge in [-0.05, 0) is 39.5 Å². The lowest BCUT2D eigenvalue weighted by atomic mass is 9.97. The topological polar surface area (TPSA) is 75.5 Å². The second kappa shape index (κ2) is 8.08. The summed E-state index contributed by atoms with van der Waals surface area (Å²) in [4.78, 5) is 23.0. The first kappa shape index (κ1) is 16.7. The van der Waals surface area contributed by atoms with Crippen LogP contribution in [0.25, 0.3) is 0 Å².